The van der Waals surface area contributed by atoms with Crippen molar-refractivity contribution in [2.24, 2.45) is 4.99 Å². The zero-order chi connectivity index (χ0) is 21.4. The van der Waals surface area contributed by atoms with Crippen LogP contribution in [0.2, 0.25) is 0 Å². The monoisotopic (exact) mass is 419 g/mol. The van der Waals surface area contributed by atoms with Crippen LogP contribution >= 0.6 is 11.3 Å². The predicted molar refractivity (Wildman–Crippen MR) is 122 cm³/mol. The first-order valence-electron chi connectivity index (χ1n) is 9.49. The Bertz CT molecular complexity index is 1260. The molecule has 0 saturated heterocycles. The van der Waals surface area contributed by atoms with Gasteiger partial charge in [-0.3, -0.25) is 19.1 Å². The largest absolute Gasteiger partial charge is 0.493 e. The number of benzene rings is 2. The lowest BCUT2D eigenvalue weighted by atomic mass is 10.1. The predicted octanol–water partition coefficient (Wildman–Crippen LogP) is 4.44. The van der Waals surface area contributed by atoms with Gasteiger partial charge in [-0.1, -0.05) is 47.2 Å². The number of thiazole rings is 1. The second kappa shape index (κ2) is 7.76. The molecule has 0 aliphatic carbocycles. The van der Waals surface area contributed by atoms with Crippen LogP contribution in [0.15, 0.2) is 46.2 Å². The minimum absolute atomic E-state index is 0.220. The highest BCUT2D eigenvalue weighted by atomic mass is 32.1. The number of aliphatic imine (C=N–C) groups is 1. The molecule has 6 nitrogen and oxygen atoms in total. The SMILES string of the molecule is Cc1cc(C)c(NC(=O)Cn2c(O)c(C=C3C=Nc4ccccc43)sc2=O)c(C)c1. The van der Waals surface area contributed by atoms with Crippen molar-refractivity contribution in [2.45, 2.75) is 27.3 Å². The van der Waals surface area contributed by atoms with Crippen LogP contribution in [0, 0.1) is 20.8 Å². The standard InChI is InChI=1S/C23H21N3O3S/c1-13-8-14(2)21(15(3)9-13)25-20(27)12-26-22(28)19(30-23(26)29)10-16-11-24-18-7-5-4-6-17(16)18/h4-11,28H,12H2,1-3H3,(H,25,27). The summed E-state index contributed by atoms with van der Waals surface area (Å²) in [5, 5.41) is 13.4. The van der Waals surface area contributed by atoms with Crippen LogP contribution in [-0.4, -0.2) is 21.8 Å². The van der Waals surface area contributed by atoms with Gasteiger partial charge in [0.15, 0.2) is 0 Å². The molecule has 3 aromatic rings. The summed E-state index contributed by atoms with van der Waals surface area (Å²) < 4.78 is 1.09. The molecule has 1 amide bonds. The second-order valence-electron chi connectivity index (χ2n) is 7.34. The van der Waals surface area contributed by atoms with Crippen LogP contribution in [0.25, 0.3) is 11.6 Å². The Morgan fingerprint density at radius 3 is 2.63 bits per heavy atom. The van der Waals surface area contributed by atoms with Gasteiger partial charge in [0.05, 0.1) is 10.6 Å². The molecule has 152 valence electrons. The smallest absolute Gasteiger partial charge is 0.311 e. The first-order chi connectivity index (χ1) is 14.3. The molecule has 30 heavy (non-hydrogen) atoms. The number of aromatic nitrogens is 1. The van der Waals surface area contributed by atoms with Crippen LogP contribution in [0.5, 0.6) is 5.88 Å². The first kappa shape index (κ1) is 19.8. The number of hydrogen-bond donors (Lipinski definition) is 2. The maximum absolute atomic E-state index is 12.6. The lowest BCUT2D eigenvalue weighted by Gasteiger charge is -2.13. The van der Waals surface area contributed by atoms with Gasteiger partial charge < -0.3 is 10.4 Å². The number of carbonyl (C=O) groups is 1. The molecule has 0 bridgehead atoms. The number of fused-ring (bicyclic) bond motifs is 1. The van der Waals surface area contributed by atoms with Gasteiger partial charge in [-0.2, -0.15) is 0 Å². The summed E-state index contributed by atoms with van der Waals surface area (Å²) in [6, 6.07) is 11.6. The summed E-state index contributed by atoms with van der Waals surface area (Å²) in [6.07, 6.45) is 3.42. The van der Waals surface area contributed by atoms with Gasteiger partial charge in [-0.05, 0) is 44.0 Å². The molecule has 1 aliphatic heterocycles. The highest BCUT2D eigenvalue weighted by molar-refractivity contribution is 7.10. The molecule has 2 N–H and O–H groups in total. The third-order valence-electron chi connectivity index (χ3n) is 4.98. The van der Waals surface area contributed by atoms with E-state index >= 15 is 0 Å². The highest BCUT2D eigenvalue weighted by Crippen LogP contribution is 2.34. The van der Waals surface area contributed by atoms with Crippen molar-refractivity contribution in [1.29, 1.82) is 0 Å². The molecule has 0 unspecified atom stereocenters. The van der Waals surface area contributed by atoms with Crippen molar-refractivity contribution in [1.82, 2.24) is 4.57 Å². The van der Waals surface area contributed by atoms with Crippen molar-refractivity contribution in [2.75, 3.05) is 5.32 Å². The van der Waals surface area contributed by atoms with E-state index in [0.29, 0.717) is 4.88 Å². The molecule has 0 radical (unpaired) electrons. The number of aryl methyl sites for hydroxylation is 3. The van der Waals surface area contributed by atoms with E-state index in [1.54, 1.807) is 12.3 Å². The molecule has 1 aromatic heterocycles. The summed E-state index contributed by atoms with van der Waals surface area (Å²) in [5.41, 5.74) is 6.34. The number of aromatic hydroxyl groups is 1. The summed E-state index contributed by atoms with van der Waals surface area (Å²) in [6.45, 7) is 5.59. The molecule has 2 heterocycles. The molecule has 0 saturated carbocycles. The zero-order valence-electron chi connectivity index (χ0n) is 16.9. The number of anilines is 1. The average Bonchev–Trinajstić information content (AvgIpc) is 3.21. The lowest BCUT2D eigenvalue weighted by molar-refractivity contribution is -0.116. The van der Waals surface area contributed by atoms with E-state index in [-0.39, 0.29) is 18.3 Å². The Kier molecular flexibility index (Phi) is 5.13. The summed E-state index contributed by atoms with van der Waals surface area (Å²) in [7, 11) is 0. The van der Waals surface area contributed by atoms with E-state index in [0.717, 1.165) is 55.1 Å². The number of amides is 1. The van der Waals surface area contributed by atoms with Gasteiger partial charge in [0.2, 0.25) is 11.8 Å². The first-order valence-corrected chi connectivity index (χ1v) is 10.3. The number of nitrogens with zero attached hydrogens (tertiary/aromatic N) is 2. The number of carbonyl (C=O) groups excluding carboxylic acids is 1. The minimum Gasteiger partial charge on any atom is -0.493 e. The van der Waals surface area contributed by atoms with E-state index in [4.69, 9.17) is 0 Å². The number of nitrogens with one attached hydrogen (secondary N) is 1. The van der Waals surface area contributed by atoms with Gasteiger partial charge in [-0.15, -0.1) is 0 Å². The van der Waals surface area contributed by atoms with Crippen molar-refractivity contribution in [3.8, 4) is 5.88 Å². The van der Waals surface area contributed by atoms with E-state index in [1.807, 2.05) is 57.2 Å². The number of hydrogen-bond acceptors (Lipinski definition) is 5. The van der Waals surface area contributed by atoms with Gasteiger partial charge >= 0.3 is 4.87 Å². The topological polar surface area (TPSA) is 83.7 Å². The minimum atomic E-state index is -0.393. The van der Waals surface area contributed by atoms with Crippen LogP contribution in [0.1, 0.15) is 27.1 Å². The molecule has 0 atom stereocenters. The number of allylic oxidation sites excluding steroid dienone is 1. The molecule has 4 rings (SSSR count). The molecule has 0 fully saturated rings. The van der Waals surface area contributed by atoms with Gasteiger partial charge in [-0.25, -0.2) is 0 Å². The lowest BCUT2D eigenvalue weighted by Crippen LogP contribution is -2.24. The summed E-state index contributed by atoms with van der Waals surface area (Å²) in [4.78, 5) is 29.3. The second-order valence-corrected chi connectivity index (χ2v) is 8.33. The van der Waals surface area contributed by atoms with Crippen LogP contribution in [-0.2, 0) is 11.3 Å². The third kappa shape index (κ3) is 3.71. The molecule has 7 heteroatoms. The van der Waals surface area contributed by atoms with Crippen molar-refractivity contribution in [3.63, 3.8) is 0 Å². The maximum Gasteiger partial charge on any atom is 0.311 e. The molecule has 2 aromatic carbocycles. The Balaban J connectivity index is 1.58. The Hall–Kier alpha value is -3.45. The maximum atomic E-state index is 12.6. The van der Waals surface area contributed by atoms with Crippen LogP contribution < -0.4 is 10.2 Å². The number of rotatable bonds is 4. The van der Waals surface area contributed by atoms with E-state index < -0.39 is 4.87 Å². The Morgan fingerprint density at radius 2 is 1.90 bits per heavy atom. The van der Waals surface area contributed by atoms with E-state index in [1.165, 1.54) is 0 Å². The normalized spacial score (nSPS) is 13.6. The fraction of sp³-hybridized carbons (Fsp3) is 0.174. The quantitative estimate of drug-likeness (QED) is 0.656. The van der Waals surface area contributed by atoms with Crippen molar-refractivity contribution < 1.29 is 9.90 Å². The van der Waals surface area contributed by atoms with Crippen LogP contribution in [0.4, 0.5) is 11.4 Å². The molecular formula is C23H21N3O3S. The van der Waals surface area contributed by atoms with Crippen molar-refractivity contribution in [3.05, 3.63) is 73.2 Å². The summed E-state index contributed by atoms with van der Waals surface area (Å²) >= 11 is 0.898. The highest BCUT2D eigenvalue weighted by Gasteiger charge is 2.18. The fourth-order valence-electron chi connectivity index (χ4n) is 3.64. The van der Waals surface area contributed by atoms with Crippen LogP contribution in [0.3, 0.4) is 0 Å². The zero-order valence-corrected chi connectivity index (χ0v) is 17.7. The Morgan fingerprint density at radius 1 is 1.20 bits per heavy atom. The van der Waals surface area contributed by atoms with Gasteiger partial charge in [0.1, 0.15) is 6.54 Å². The fourth-order valence-corrected chi connectivity index (χ4v) is 4.48. The molecular weight excluding hydrogens is 398 g/mol. The number of para-hydroxylation sites is 1. The van der Waals surface area contributed by atoms with Crippen molar-refractivity contribution >= 4 is 46.5 Å². The summed E-state index contributed by atoms with van der Waals surface area (Å²) in [5.74, 6) is -0.588. The molecule has 0 spiro atoms. The van der Waals surface area contributed by atoms with Gasteiger partial charge in [0, 0.05) is 23.0 Å². The third-order valence-corrected chi connectivity index (χ3v) is 5.90. The van der Waals surface area contributed by atoms with E-state index in [2.05, 4.69) is 10.3 Å². The van der Waals surface area contributed by atoms with E-state index in [9.17, 15) is 14.7 Å². The van der Waals surface area contributed by atoms with Gasteiger partial charge in [0.25, 0.3) is 0 Å². The Labute approximate surface area is 177 Å². The molecule has 1 aliphatic rings. The average molecular weight is 420 g/mol.